The average molecular weight is 220 g/mol. The molecule has 1 aromatic rings. The van der Waals surface area contributed by atoms with Gasteiger partial charge < -0.3 is 4.74 Å². The van der Waals surface area contributed by atoms with E-state index in [4.69, 9.17) is 0 Å². The van der Waals surface area contributed by atoms with Gasteiger partial charge in [-0.25, -0.2) is 4.79 Å². The molecule has 0 radical (unpaired) electrons. The molecule has 0 aromatic heterocycles. The SMILES string of the molecule is COC(=O)c1ccc(CCCC(C)C)cc1. The zero-order valence-electron chi connectivity index (χ0n) is 10.3. The van der Waals surface area contributed by atoms with Crippen LogP contribution in [0.4, 0.5) is 0 Å². The van der Waals surface area contributed by atoms with Crippen LogP contribution in [0.25, 0.3) is 0 Å². The summed E-state index contributed by atoms with van der Waals surface area (Å²) < 4.78 is 4.65. The van der Waals surface area contributed by atoms with Crippen LogP contribution in [0.3, 0.4) is 0 Å². The van der Waals surface area contributed by atoms with Crippen molar-refractivity contribution in [2.75, 3.05) is 7.11 Å². The van der Waals surface area contributed by atoms with Crippen molar-refractivity contribution in [1.82, 2.24) is 0 Å². The molecule has 0 aliphatic rings. The smallest absolute Gasteiger partial charge is 0.337 e. The third-order valence-corrected chi connectivity index (χ3v) is 2.62. The molecule has 0 aliphatic heterocycles. The Hall–Kier alpha value is -1.31. The fourth-order valence-electron chi connectivity index (χ4n) is 1.64. The first kappa shape index (κ1) is 12.8. The van der Waals surface area contributed by atoms with Gasteiger partial charge in [0, 0.05) is 0 Å². The van der Waals surface area contributed by atoms with Crippen LogP contribution in [0, 0.1) is 5.92 Å². The van der Waals surface area contributed by atoms with Gasteiger partial charge in [0.15, 0.2) is 0 Å². The van der Waals surface area contributed by atoms with E-state index in [1.165, 1.54) is 25.5 Å². The highest BCUT2D eigenvalue weighted by Crippen LogP contribution is 2.11. The molecule has 0 unspecified atom stereocenters. The Morgan fingerprint density at radius 2 is 1.88 bits per heavy atom. The summed E-state index contributed by atoms with van der Waals surface area (Å²) in [6.45, 7) is 4.47. The molecule has 2 nitrogen and oxygen atoms in total. The summed E-state index contributed by atoms with van der Waals surface area (Å²) >= 11 is 0. The summed E-state index contributed by atoms with van der Waals surface area (Å²) in [7, 11) is 1.40. The number of carbonyl (C=O) groups is 1. The van der Waals surface area contributed by atoms with Crippen molar-refractivity contribution in [2.24, 2.45) is 5.92 Å². The minimum atomic E-state index is -0.270. The molecule has 2 heteroatoms. The lowest BCUT2D eigenvalue weighted by Crippen LogP contribution is -2.01. The first-order valence-corrected chi connectivity index (χ1v) is 5.80. The van der Waals surface area contributed by atoms with Crippen molar-refractivity contribution in [3.63, 3.8) is 0 Å². The van der Waals surface area contributed by atoms with Gasteiger partial charge in [0.25, 0.3) is 0 Å². The highest BCUT2D eigenvalue weighted by atomic mass is 16.5. The highest BCUT2D eigenvalue weighted by Gasteiger charge is 2.04. The summed E-state index contributed by atoms with van der Waals surface area (Å²) in [5.74, 6) is 0.489. The van der Waals surface area contributed by atoms with Gasteiger partial charge in [-0.3, -0.25) is 0 Å². The molecule has 16 heavy (non-hydrogen) atoms. The quantitative estimate of drug-likeness (QED) is 0.710. The maximum Gasteiger partial charge on any atom is 0.337 e. The van der Waals surface area contributed by atoms with Gasteiger partial charge in [-0.2, -0.15) is 0 Å². The molecule has 0 N–H and O–H groups in total. The molecular weight excluding hydrogens is 200 g/mol. The summed E-state index contributed by atoms with van der Waals surface area (Å²) in [6, 6.07) is 7.67. The zero-order chi connectivity index (χ0) is 12.0. The Bertz CT molecular complexity index is 325. The lowest BCUT2D eigenvalue weighted by atomic mass is 10.0. The number of hydrogen-bond acceptors (Lipinski definition) is 2. The molecule has 0 atom stereocenters. The van der Waals surface area contributed by atoms with Crippen molar-refractivity contribution in [1.29, 1.82) is 0 Å². The number of hydrogen-bond donors (Lipinski definition) is 0. The van der Waals surface area contributed by atoms with Crippen LogP contribution in [0.15, 0.2) is 24.3 Å². The summed E-state index contributed by atoms with van der Waals surface area (Å²) in [5.41, 5.74) is 1.91. The molecule has 0 spiro atoms. The number of ether oxygens (including phenoxy) is 1. The minimum absolute atomic E-state index is 0.270. The second-order valence-electron chi connectivity index (χ2n) is 4.47. The topological polar surface area (TPSA) is 26.3 Å². The molecule has 0 aliphatic carbocycles. The molecule has 88 valence electrons. The Kier molecular flexibility index (Phi) is 5.03. The highest BCUT2D eigenvalue weighted by molar-refractivity contribution is 5.89. The number of aryl methyl sites for hydroxylation is 1. The van der Waals surface area contributed by atoms with Crippen LogP contribution in [0.5, 0.6) is 0 Å². The Balaban J connectivity index is 2.48. The van der Waals surface area contributed by atoms with Crippen molar-refractivity contribution in [2.45, 2.75) is 33.1 Å². The molecule has 0 amide bonds. The third kappa shape index (κ3) is 4.05. The van der Waals surface area contributed by atoms with Crippen molar-refractivity contribution < 1.29 is 9.53 Å². The molecule has 0 fully saturated rings. The Morgan fingerprint density at radius 3 is 2.38 bits per heavy atom. The van der Waals surface area contributed by atoms with Gasteiger partial charge in [0.1, 0.15) is 0 Å². The summed E-state index contributed by atoms with van der Waals surface area (Å²) in [6.07, 6.45) is 3.54. The monoisotopic (exact) mass is 220 g/mol. The normalized spacial score (nSPS) is 10.5. The van der Waals surface area contributed by atoms with Crippen molar-refractivity contribution in [3.05, 3.63) is 35.4 Å². The maximum atomic E-state index is 11.2. The number of carbonyl (C=O) groups excluding carboxylic acids is 1. The van der Waals surface area contributed by atoms with Gasteiger partial charge in [0.05, 0.1) is 12.7 Å². The molecule has 1 rings (SSSR count). The number of methoxy groups -OCH3 is 1. The van der Waals surface area contributed by atoms with Gasteiger partial charge in [-0.05, 0) is 36.5 Å². The van der Waals surface area contributed by atoms with E-state index in [1.807, 2.05) is 24.3 Å². The molecule has 0 bridgehead atoms. The molecule has 0 saturated carbocycles. The first-order chi connectivity index (χ1) is 7.63. The van der Waals surface area contributed by atoms with Crippen LogP contribution < -0.4 is 0 Å². The fraction of sp³-hybridized carbons (Fsp3) is 0.500. The van der Waals surface area contributed by atoms with Crippen molar-refractivity contribution >= 4 is 5.97 Å². The average Bonchev–Trinajstić information content (AvgIpc) is 2.28. The van der Waals surface area contributed by atoms with E-state index < -0.39 is 0 Å². The fourth-order valence-corrected chi connectivity index (χ4v) is 1.64. The van der Waals surface area contributed by atoms with E-state index in [0.717, 1.165) is 12.3 Å². The summed E-state index contributed by atoms with van der Waals surface area (Å²) in [5, 5.41) is 0. The molecule has 1 aromatic carbocycles. The third-order valence-electron chi connectivity index (χ3n) is 2.62. The van der Waals surface area contributed by atoms with E-state index in [9.17, 15) is 4.79 Å². The van der Waals surface area contributed by atoms with Gasteiger partial charge in [-0.15, -0.1) is 0 Å². The zero-order valence-corrected chi connectivity index (χ0v) is 10.3. The number of esters is 1. The first-order valence-electron chi connectivity index (χ1n) is 5.80. The standard InChI is InChI=1S/C14H20O2/c1-11(2)5-4-6-12-7-9-13(10-8-12)14(15)16-3/h7-11H,4-6H2,1-3H3. The maximum absolute atomic E-state index is 11.2. The second kappa shape index (κ2) is 6.31. The Morgan fingerprint density at radius 1 is 1.25 bits per heavy atom. The van der Waals surface area contributed by atoms with E-state index in [2.05, 4.69) is 18.6 Å². The van der Waals surface area contributed by atoms with Crippen molar-refractivity contribution in [3.8, 4) is 0 Å². The van der Waals surface area contributed by atoms with E-state index >= 15 is 0 Å². The van der Waals surface area contributed by atoms with Gasteiger partial charge >= 0.3 is 5.97 Å². The van der Waals surface area contributed by atoms with Crippen LogP contribution in [-0.4, -0.2) is 13.1 Å². The summed E-state index contributed by atoms with van der Waals surface area (Å²) in [4.78, 5) is 11.2. The van der Waals surface area contributed by atoms with Gasteiger partial charge in [0.2, 0.25) is 0 Å². The van der Waals surface area contributed by atoms with E-state index in [-0.39, 0.29) is 5.97 Å². The van der Waals surface area contributed by atoms with Crippen LogP contribution in [-0.2, 0) is 11.2 Å². The molecule has 0 heterocycles. The Labute approximate surface area is 97.6 Å². The molecule has 0 saturated heterocycles. The predicted octanol–water partition coefficient (Wildman–Crippen LogP) is 3.45. The minimum Gasteiger partial charge on any atom is -0.465 e. The molecular formula is C14H20O2. The lowest BCUT2D eigenvalue weighted by molar-refractivity contribution is 0.0600. The largest absolute Gasteiger partial charge is 0.465 e. The van der Waals surface area contributed by atoms with Gasteiger partial charge in [-0.1, -0.05) is 32.4 Å². The lowest BCUT2D eigenvalue weighted by Gasteiger charge is -2.05. The van der Waals surface area contributed by atoms with E-state index in [0.29, 0.717) is 5.56 Å². The van der Waals surface area contributed by atoms with Crippen LogP contribution in [0.2, 0.25) is 0 Å². The number of rotatable bonds is 5. The van der Waals surface area contributed by atoms with Crippen LogP contribution >= 0.6 is 0 Å². The van der Waals surface area contributed by atoms with E-state index in [1.54, 1.807) is 0 Å². The van der Waals surface area contributed by atoms with Crippen LogP contribution in [0.1, 0.15) is 42.6 Å². The number of benzene rings is 1. The predicted molar refractivity (Wildman–Crippen MR) is 65.6 cm³/mol. The second-order valence-corrected chi connectivity index (χ2v) is 4.47.